The van der Waals surface area contributed by atoms with Gasteiger partial charge in [-0.15, -0.1) is 0 Å². The van der Waals surface area contributed by atoms with Crippen LogP contribution >= 0.6 is 0 Å². The molecular formula is C34H21NaO7S. The van der Waals surface area contributed by atoms with E-state index in [4.69, 9.17) is 9.47 Å². The zero-order chi connectivity index (χ0) is 29.0. The fourth-order valence-electron chi connectivity index (χ4n) is 5.46. The summed E-state index contributed by atoms with van der Waals surface area (Å²) in [6, 6.07) is 33.2. The molecule has 2 unspecified atom stereocenters. The van der Waals surface area contributed by atoms with Crippen LogP contribution in [0.4, 0.5) is 0 Å². The average molecular weight is 597 g/mol. The molecule has 8 rings (SSSR count). The Hall–Kier alpha value is -4.05. The average Bonchev–Trinajstić information content (AvgIpc) is 3.01. The molecule has 0 radical (unpaired) electrons. The summed E-state index contributed by atoms with van der Waals surface area (Å²) in [5.41, 5.74) is 4.84. The van der Waals surface area contributed by atoms with E-state index in [2.05, 4.69) is 0 Å². The van der Waals surface area contributed by atoms with Gasteiger partial charge in [0.15, 0.2) is 29.2 Å². The van der Waals surface area contributed by atoms with Gasteiger partial charge in [0, 0.05) is 27.8 Å². The maximum atomic E-state index is 12.9. The second-order valence-corrected chi connectivity index (χ2v) is 11.5. The number of carbonyl (C=O) groups excluding carboxylic acids is 2. The van der Waals surface area contributed by atoms with Gasteiger partial charge < -0.3 is 14.0 Å². The number of fused-ring (bicyclic) bond motifs is 2. The first-order chi connectivity index (χ1) is 20.3. The quantitative estimate of drug-likeness (QED) is 0.161. The minimum absolute atomic E-state index is 0. The second-order valence-electron chi connectivity index (χ2n) is 10.1. The van der Waals surface area contributed by atoms with Gasteiger partial charge in [-0.2, -0.15) is 0 Å². The molecule has 0 aliphatic carbocycles. The fraction of sp³-hybridized carbons (Fsp3) is 0.0588. The van der Waals surface area contributed by atoms with Crippen LogP contribution in [0.5, 0.6) is 11.5 Å². The van der Waals surface area contributed by atoms with Crippen molar-refractivity contribution in [2.24, 2.45) is 0 Å². The second kappa shape index (κ2) is 11.2. The van der Waals surface area contributed by atoms with Crippen LogP contribution in [0.3, 0.4) is 0 Å². The summed E-state index contributed by atoms with van der Waals surface area (Å²) < 4.78 is 48.1. The molecule has 3 aliphatic heterocycles. The zero-order valence-corrected chi connectivity index (χ0v) is 25.7. The standard InChI is InChI=1S/C34H22O7S.Na/c35-29(20-7-3-1-4-8-20)22-11-15-24(16-12-22)31-26-19-27(42(37,38)39)33(40-31)34-28(26)32(41-34)25-17-13-23(14-18-25)30(36)21-9-5-2-6-10-21;/h1-19,31-32H,(H,37,38,39);/q;+1/p-1. The summed E-state index contributed by atoms with van der Waals surface area (Å²) >= 11 is 0. The molecule has 0 N–H and O–H groups in total. The SMILES string of the molecule is O=C(c1ccccc1)c1ccc(C2Oc3c(S(=O)(=O)[O-])cc2c2c3OC2c2ccc(C(=O)c3ccccc3)cc2)cc1.[Na+]. The van der Waals surface area contributed by atoms with E-state index < -0.39 is 27.2 Å². The smallest absolute Gasteiger partial charge is 0.744 e. The predicted molar refractivity (Wildman–Crippen MR) is 152 cm³/mol. The molecule has 0 saturated heterocycles. The first kappa shape index (κ1) is 29.0. The fourth-order valence-corrected chi connectivity index (χ4v) is 6.10. The van der Waals surface area contributed by atoms with Crippen LogP contribution in [0.1, 0.15) is 66.3 Å². The van der Waals surface area contributed by atoms with Crippen molar-refractivity contribution in [2.75, 3.05) is 0 Å². The van der Waals surface area contributed by atoms with E-state index in [0.717, 1.165) is 11.1 Å². The van der Waals surface area contributed by atoms with Crippen LogP contribution in [0.25, 0.3) is 0 Å². The van der Waals surface area contributed by atoms with Gasteiger partial charge in [0.05, 0.1) is 5.56 Å². The van der Waals surface area contributed by atoms with Crippen molar-refractivity contribution in [3.8, 4) is 11.5 Å². The Balaban J connectivity index is 0.00000329. The van der Waals surface area contributed by atoms with Gasteiger partial charge in [-0.05, 0) is 17.2 Å². The largest absolute Gasteiger partial charge is 1.00 e. The Kier molecular flexibility index (Phi) is 7.58. The third-order valence-electron chi connectivity index (χ3n) is 7.58. The molecule has 0 saturated carbocycles. The summed E-state index contributed by atoms with van der Waals surface area (Å²) in [6.07, 6.45) is -1.24. The number of benzene rings is 5. The summed E-state index contributed by atoms with van der Waals surface area (Å²) in [7, 11) is -4.83. The molecule has 3 aliphatic rings. The van der Waals surface area contributed by atoms with Crippen molar-refractivity contribution in [1.29, 1.82) is 0 Å². The summed E-state index contributed by atoms with van der Waals surface area (Å²) in [5.74, 6) is -0.115. The van der Waals surface area contributed by atoms with Crippen LogP contribution in [0.15, 0.2) is 120 Å². The summed E-state index contributed by atoms with van der Waals surface area (Å²) in [6.45, 7) is 0. The van der Waals surface area contributed by atoms with Crippen LogP contribution < -0.4 is 39.0 Å². The topological polar surface area (TPSA) is 110 Å². The molecule has 2 bridgehead atoms. The summed E-state index contributed by atoms with van der Waals surface area (Å²) in [4.78, 5) is 25.2. The Morgan fingerprint density at radius 3 is 1.47 bits per heavy atom. The third kappa shape index (κ3) is 5.11. The van der Waals surface area contributed by atoms with E-state index >= 15 is 0 Å². The third-order valence-corrected chi connectivity index (χ3v) is 8.42. The Morgan fingerprint density at radius 1 is 0.581 bits per heavy atom. The van der Waals surface area contributed by atoms with Gasteiger partial charge in [-0.3, -0.25) is 9.59 Å². The number of ether oxygens (including phenoxy) is 2. The van der Waals surface area contributed by atoms with E-state index in [1.54, 1.807) is 84.9 Å². The molecule has 0 amide bonds. The number of hydrogen-bond donors (Lipinski definition) is 0. The number of carbonyl (C=O) groups is 2. The van der Waals surface area contributed by atoms with E-state index in [9.17, 15) is 22.6 Å². The van der Waals surface area contributed by atoms with Gasteiger partial charge in [0.2, 0.25) is 0 Å². The Morgan fingerprint density at radius 2 is 1.00 bits per heavy atom. The molecule has 7 nitrogen and oxygen atoms in total. The molecule has 5 aromatic rings. The van der Waals surface area contributed by atoms with Crippen LogP contribution in [0, 0.1) is 0 Å². The molecule has 0 spiro atoms. The van der Waals surface area contributed by atoms with Gasteiger partial charge in [0.25, 0.3) is 0 Å². The number of hydrogen-bond acceptors (Lipinski definition) is 7. The normalized spacial score (nSPS) is 16.1. The maximum absolute atomic E-state index is 12.9. The van der Waals surface area contributed by atoms with Crippen molar-refractivity contribution in [2.45, 2.75) is 17.1 Å². The molecule has 5 aromatic carbocycles. The van der Waals surface area contributed by atoms with E-state index in [1.165, 1.54) is 6.07 Å². The molecule has 206 valence electrons. The van der Waals surface area contributed by atoms with Crippen molar-refractivity contribution in [3.63, 3.8) is 0 Å². The van der Waals surface area contributed by atoms with Crippen molar-refractivity contribution in [1.82, 2.24) is 0 Å². The number of ketones is 2. The Labute approximate surface area is 270 Å². The first-order valence-electron chi connectivity index (χ1n) is 13.2. The molecule has 3 heterocycles. The molecule has 0 fully saturated rings. The first-order valence-corrected chi connectivity index (χ1v) is 14.6. The molecule has 0 aromatic heterocycles. The predicted octanol–water partition coefficient (Wildman–Crippen LogP) is 3.02. The van der Waals surface area contributed by atoms with Crippen molar-refractivity contribution >= 4 is 21.7 Å². The minimum Gasteiger partial charge on any atom is -0.744 e. The maximum Gasteiger partial charge on any atom is 1.00 e. The van der Waals surface area contributed by atoms with Gasteiger partial charge in [0.1, 0.15) is 21.1 Å². The van der Waals surface area contributed by atoms with Crippen LogP contribution in [0.2, 0.25) is 0 Å². The molecule has 43 heavy (non-hydrogen) atoms. The van der Waals surface area contributed by atoms with Crippen molar-refractivity contribution < 1.29 is 61.6 Å². The van der Waals surface area contributed by atoms with E-state index in [1.807, 2.05) is 24.3 Å². The van der Waals surface area contributed by atoms with Gasteiger partial charge in [-0.1, -0.05) is 109 Å². The van der Waals surface area contributed by atoms with Gasteiger partial charge >= 0.3 is 29.6 Å². The molecular weight excluding hydrogens is 575 g/mol. The van der Waals surface area contributed by atoms with E-state index in [0.29, 0.717) is 33.4 Å². The van der Waals surface area contributed by atoms with Crippen LogP contribution in [-0.2, 0) is 10.1 Å². The monoisotopic (exact) mass is 596 g/mol. The van der Waals surface area contributed by atoms with Gasteiger partial charge in [-0.25, -0.2) is 8.42 Å². The number of rotatable bonds is 7. The summed E-state index contributed by atoms with van der Waals surface area (Å²) in [5, 5.41) is 0. The zero-order valence-electron chi connectivity index (χ0n) is 22.9. The van der Waals surface area contributed by atoms with Crippen LogP contribution in [-0.4, -0.2) is 24.5 Å². The Bertz CT molecular complexity index is 1970. The molecule has 2 atom stereocenters. The van der Waals surface area contributed by atoms with E-state index in [-0.39, 0.29) is 52.6 Å². The van der Waals surface area contributed by atoms with Crippen molar-refractivity contribution in [3.05, 3.63) is 160 Å². The minimum atomic E-state index is -4.83. The molecule has 9 heteroatoms.